The summed E-state index contributed by atoms with van der Waals surface area (Å²) in [6.07, 6.45) is 5.57. The Hall–Kier alpha value is -1.52. The molecule has 0 radical (unpaired) electrons. The van der Waals surface area contributed by atoms with Gasteiger partial charge in [-0.15, -0.1) is 0 Å². The summed E-state index contributed by atoms with van der Waals surface area (Å²) in [4.78, 5) is 23.4. The summed E-state index contributed by atoms with van der Waals surface area (Å²) in [6, 6.07) is 0. The molecule has 4 aliphatic carbocycles. The van der Waals surface area contributed by atoms with Crippen LogP contribution in [0, 0.1) is 34.5 Å². The molecule has 6 aliphatic rings. The minimum atomic E-state index is -0.995. The summed E-state index contributed by atoms with van der Waals surface area (Å²) in [7, 11) is 0. The fourth-order valence-electron chi connectivity index (χ4n) is 10.1. The van der Waals surface area contributed by atoms with Crippen molar-refractivity contribution in [1.29, 1.82) is 0 Å². The molecule has 0 amide bonds. The molecule has 9 nitrogen and oxygen atoms in total. The molecule has 0 bridgehead atoms. The lowest BCUT2D eigenvalue weighted by atomic mass is 9.43. The zero-order chi connectivity index (χ0) is 27.7. The fourth-order valence-corrected chi connectivity index (χ4v) is 10.1. The Morgan fingerprint density at radius 2 is 1.87 bits per heavy atom. The molecule has 3 N–H and O–H groups in total. The third-order valence-corrected chi connectivity index (χ3v) is 12.1. The first-order chi connectivity index (χ1) is 18.5. The van der Waals surface area contributed by atoms with Crippen molar-refractivity contribution in [2.24, 2.45) is 34.5 Å². The predicted octanol–water partition coefficient (Wildman–Crippen LogP) is 2.64. The third-order valence-electron chi connectivity index (χ3n) is 12.1. The standard InChI is InChI=1S/C30H44O9/c1-16-27(34)22(32)12-25(38-16)39-19-6-8-28(2)18(11-19)4-5-21-20(28)7-9-29(3)26(17-10-24(33)36-14-17)23(37-15-31)13-30(21,29)35/h10,15-16,18-23,25-27,32,34-35H,4-9,11-14H2,1-3H3/t16?,18-,19-,20?,21?,22?,23?,25+,26+,27-,28+,29-,30+/m1/s1. The van der Waals surface area contributed by atoms with Gasteiger partial charge in [0.1, 0.15) is 18.8 Å². The zero-order valence-electron chi connectivity index (χ0n) is 23.3. The van der Waals surface area contributed by atoms with Crippen LogP contribution < -0.4 is 0 Å². The quantitative estimate of drug-likeness (QED) is 0.269. The Bertz CT molecular complexity index is 1000. The van der Waals surface area contributed by atoms with Crippen LogP contribution >= 0.6 is 0 Å². The van der Waals surface area contributed by atoms with Gasteiger partial charge in [0.05, 0.1) is 23.9 Å². The minimum absolute atomic E-state index is 0.0456. The zero-order valence-corrected chi connectivity index (χ0v) is 23.3. The average molecular weight is 549 g/mol. The van der Waals surface area contributed by atoms with E-state index in [1.807, 2.05) is 0 Å². The van der Waals surface area contributed by atoms with Crippen molar-refractivity contribution >= 4 is 12.4 Å². The van der Waals surface area contributed by atoms with E-state index in [2.05, 4.69) is 13.8 Å². The summed E-state index contributed by atoms with van der Waals surface area (Å²) < 4.78 is 23.0. The maximum absolute atomic E-state index is 12.6. The number of aliphatic hydroxyl groups is 3. The number of fused-ring (bicyclic) bond motifs is 5. The molecular formula is C30H44O9. The first kappa shape index (κ1) is 27.6. The Kier molecular flexibility index (Phi) is 6.94. The van der Waals surface area contributed by atoms with Crippen LogP contribution in [0.2, 0.25) is 0 Å². The Morgan fingerprint density at radius 1 is 1.08 bits per heavy atom. The van der Waals surface area contributed by atoms with Gasteiger partial charge in [0.15, 0.2) is 6.29 Å². The number of ether oxygens (including phenoxy) is 4. The Balaban J connectivity index is 1.19. The minimum Gasteiger partial charge on any atom is -0.464 e. The second-order valence-corrected chi connectivity index (χ2v) is 13.7. The highest BCUT2D eigenvalue weighted by molar-refractivity contribution is 5.85. The average Bonchev–Trinajstić information content (AvgIpc) is 3.40. The van der Waals surface area contributed by atoms with Crippen molar-refractivity contribution in [2.75, 3.05) is 6.61 Å². The van der Waals surface area contributed by atoms with Crippen molar-refractivity contribution in [3.05, 3.63) is 11.6 Å². The van der Waals surface area contributed by atoms with E-state index in [0.717, 1.165) is 50.5 Å². The fraction of sp³-hybridized carbons (Fsp3) is 0.867. The molecule has 39 heavy (non-hydrogen) atoms. The van der Waals surface area contributed by atoms with Gasteiger partial charge in [-0.2, -0.15) is 0 Å². The first-order valence-electron chi connectivity index (χ1n) is 14.9. The molecule has 6 rings (SSSR count). The molecule has 218 valence electrons. The number of cyclic esters (lactones) is 1. The van der Waals surface area contributed by atoms with E-state index in [1.165, 1.54) is 6.08 Å². The lowest BCUT2D eigenvalue weighted by Gasteiger charge is -2.63. The summed E-state index contributed by atoms with van der Waals surface area (Å²) in [5.74, 6) is 0.305. The Labute approximate surface area is 230 Å². The van der Waals surface area contributed by atoms with Gasteiger partial charge >= 0.3 is 5.97 Å². The number of carbonyl (C=O) groups excluding carboxylic acids is 2. The van der Waals surface area contributed by atoms with Crippen LogP contribution in [0.4, 0.5) is 0 Å². The maximum atomic E-state index is 12.6. The van der Waals surface area contributed by atoms with E-state index in [0.29, 0.717) is 24.7 Å². The highest BCUT2D eigenvalue weighted by atomic mass is 16.7. The second-order valence-electron chi connectivity index (χ2n) is 13.7. The lowest BCUT2D eigenvalue weighted by molar-refractivity contribution is -0.270. The molecule has 2 aliphatic heterocycles. The summed E-state index contributed by atoms with van der Waals surface area (Å²) in [5, 5.41) is 32.8. The normalized spacial score (nSPS) is 53.2. The molecule has 0 aromatic rings. The topological polar surface area (TPSA) is 132 Å². The van der Waals surface area contributed by atoms with Gasteiger partial charge in [-0.25, -0.2) is 4.79 Å². The summed E-state index contributed by atoms with van der Waals surface area (Å²) in [5.41, 5.74) is -0.601. The van der Waals surface area contributed by atoms with E-state index in [1.54, 1.807) is 6.92 Å². The number of carbonyl (C=O) groups is 2. The number of hydrogen-bond acceptors (Lipinski definition) is 9. The van der Waals surface area contributed by atoms with Crippen LogP contribution in [-0.2, 0) is 28.5 Å². The maximum Gasteiger partial charge on any atom is 0.331 e. The molecule has 9 heteroatoms. The van der Waals surface area contributed by atoms with Crippen LogP contribution in [0.25, 0.3) is 0 Å². The van der Waals surface area contributed by atoms with Gasteiger partial charge in [-0.1, -0.05) is 13.8 Å². The van der Waals surface area contributed by atoms with Gasteiger partial charge < -0.3 is 34.3 Å². The largest absolute Gasteiger partial charge is 0.464 e. The van der Waals surface area contributed by atoms with Gasteiger partial charge in [-0.3, -0.25) is 4.79 Å². The van der Waals surface area contributed by atoms with Gasteiger partial charge in [-0.05, 0) is 80.6 Å². The van der Waals surface area contributed by atoms with Crippen molar-refractivity contribution in [3.63, 3.8) is 0 Å². The number of esters is 1. The van der Waals surface area contributed by atoms with Crippen LogP contribution in [0.1, 0.15) is 78.6 Å². The number of aliphatic hydroxyl groups excluding tert-OH is 2. The van der Waals surface area contributed by atoms with E-state index < -0.39 is 41.7 Å². The van der Waals surface area contributed by atoms with Crippen molar-refractivity contribution < 1.29 is 43.9 Å². The molecule has 5 unspecified atom stereocenters. The first-order valence-corrected chi connectivity index (χ1v) is 14.9. The van der Waals surface area contributed by atoms with Gasteiger partial charge in [0.25, 0.3) is 6.47 Å². The van der Waals surface area contributed by atoms with Crippen LogP contribution in [0.15, 0.2) is 11.6 Å². The van der Waals surface area contributed by atoms with E-state index >= 15 is 0 Å². The molecule has 5 fully saturated rings. The molecule has 4 saturated carbocycles. The van der Waals surface area contributed by atoms with Crippen LogP contribution in [0.3, 0.4) is 0 Å². The number of rotatable bonds is 5. The van der Waals surface area contributed by atoms with Crippen molar-refractivity contribution in [2.45, 2.75) is 121 Å². The molecule has 1 saturated heterocycles. The number of hydrogen-bond donors (Lipinski definition) is 3. The van der Waals surface area contributed by atoms with E-state index in [9.17, 15) is 24.9 Å². The second kappa shape index (κ2) is 9.79. The summed E-state index contributed by atoms with van der Waals surface area (Å²) >= 11 is 0. The predicted molar refractivity (Wildman–Crippen MR) is 138 cm³/mol. The SMILES string of the molecule is CC1O[C@@H](O[C@@H]2CC[C@]3(C)C4CC[C@]5(C)[C@@H](C6=CC(=O)OC6)C(OC=O)C[C@]5(O)C4CC[C@@H]3C2)CC(O)[C@@H]1O. The van der Waals surface area contributed by atoms with Gasteiger partial charge in [0.2, 0.25) is 0 Å². The monoisotopic (exact) mass is 548 g/mol. The van der Waals surface area contributed by atoms with Crippen LogP contribution in [0.5, 0.6) is 0 Å². The van der Waals surface area contributed by atoms with Crippen LogP contribution in [-0.4, -0.2) is 76.8 Å². The third kappa shape index (κ3) is 4.21. The van der Waals surface area contributed by atoms with Crippen molar-refractivity contribution in [1.82, 2.24) is 0 Å². The lowest BCUT2D eigenvalue weighted by Crippen LogP contribution is -2.62. The van der Waals surface area contributed by atoms with Crippen molar-refractivity contribution in [3.8, 4) is 0 Å². The molecule has 13 atom stereocenters. The molecule has 0 spiro atoms. The smallest absolute Gasteiger partial charge is 0.331 e. The molecule has 2 heterocycles. The van der Waals surface area contributed by atoms with E-state index in [-0.39, 0.29) is 42.4 Å². The highest BCUT2D eigenvalue weighted by Crippen LogP contribution is 2.70. The molecular weight excluding hydrogens is 504 g/mol. The highest BCUT2D eigenvalue weighted by Gasteiger charge is 2.70. The Morgan fingerprint density at radius 3 is 2.56 bits per heavy atom. The summed E-state index contributed by atoms with van der Waals surface area (Å²) in [6.45, 7) is 6.96. The molecule has 0 aromatic heterocycles. The molecule has 0 aromatic carbocycles. The van der Waals surface area contributed by atoms with Gasteiger partial charge in [0, 0.05) is 30.3 Å². The van der Waals surface area contributed by atoms with E-state index in [4.69, 9.17) is 18.9 Å².